The van der Waals surface area contributed by atoms with Crippen LogP contribution >= 0.6 is 0 Å². The number of halogens is 3. The number of anilines is 1. The van der Waals surface area contributed by atoms with Crippen LogP contribution in [0.5, 0.6) is 0 Å². The van der Waals surface area contributed by atoms with Crippen LogP contribution in [0.1, 0.15) is 63.1 Å². The fourth-order valence-electron chi connectivity index (χ4n) is 4.66. The number of carbonyl (C=O) groups excluding carboxylic acids is 1. The van der Waals surface area contributed by atoms with Gasteiger partial charge in [0.2, 0.25) is 5.95 Å². The van der Waals surface area contributed by atoms with Crippen LogP contribution in [0.4, 0.5) is 23.9 Å². The lowest BCUT2D eigenvalue weighted by atomic mass is 10.0. The molecule has 1 amide bonds. The minimum absolute atomic E-state index is 0.0355. The van der Waals surface area contributed by atoms with Gasteiger partial charge in [0.25, 0.3) is 0 Å². The summed E-state index contributed by atoms with van der Waals surface area (Å²) in [4.78, 5) is 29.8. The van der Waals surface area contributed by atoms with E-state index in [0.717, 1.165) is 11.9 Å². The van der Waals surface area contributed by atoms with E-state index in [1.165, 1.54) is 12.3 Å². The number of amides is 1. The molecule has 4 heterocycles. The summed E-state index contributed by atoms with van der Waals surface area (Å²) < 4.78 is 49.6. The van der Waals surface area contributed by atoms with E-state index < -0.39 is 23.4 Å². The molecule has 0 bridgehead atoms. The Bertz CT molecular complexity index is 1420. The molecule has 4 rings (SSSR count). The van der Waals surface area contributed by atoms with Crippen LogP contribution in [0.25, 0.3) is 23.0 Å². The van der Waals surface area contributed by atoms with Gasteiger partial charge in [-0.3, -0.25) is 0 Å². The third kappa shape index (κ3) is 6.37. The number of nitrogens with one attached hydrogen (secondary N) is 2. The maximum Gasteiger partial charge on any atom is 0.419 e. The molecule has 1 saturated heterocycles. The van der Waals surface area contributed by atoms with Gasteiger partial charge in [0.05, 0.1) is 29.1 Å². The van der Waals surface area contributed by atoms with Crippen LogP contribution in [-0.2, 0) is 10.9 Å². The van der Waals surface area contributed by atoms with Gasteiger partial charge in [-0.25, -0.2) is 19.7 Å². The topological polar surface area (TPSA) is 101 Å². The van der Waals surface area contributed by atoms with Crippen LogP contribution < -0.4 is 5.32 Å². The molecule has 3 aromatic rings. The number of imidazole rings is 1. The molecular weight excluding hydrogens is 523 g/mol. The molecule has 0 aliphatic carbocycles. The van der Waals surface area contributed by atoms with Gasteiger partial charge in [-0.2, -0.15) is 13.2 Å². The second-order valence-electron chi connectivity index (χ2n) is 10.7. The molecule has 12 heteroatoms. The molecule has 40 heavy (non-hydrogen) atoms. The number of rotatable bonds is 6. The number of hydrogen-bond donors (Lipinski definition) is 2. The number of piperidine rings is 1. The molecule has 1 atom stereocenters. The number of alkyl halides is 3. The van der Waals surface area contributed by atoms with Gasteiger partial charge in [0, 0.05) is 48.8 Å². The fraction of sp³-hybridized carbons (Fsp3) is 0.429. The molecule has 0 aromatic carbocycles. The smallest absolute Gasteiger partial charge is 0.419 e. The van der Waals surface area contributed by atoms with E-state index in [1.54, 1.807) is 36.6 Å². The predicted octanol–water partition coefficient (Wildman–Crippen LogP) is 6.36. The van der Waals surface area contributed by atoms with Gasteiger partial charge < -0.3 is 24.5 Å². The van der Waals surface area contributed by atoms with E-state index in [0.29, 0.717) is 42.9 Å². The van der Waals surface area contributed by atoms with Crippen molar-refractivity contribution in [1.29, 1.82) is 0 Å². The van der Waals surface area contributed by atoms with E-state index in [-0.39, 0.29) is 23.2 Å². The summed E-state index contributed by atoms with van der Waals surface area (Å²) in [5, 5.41) is 3.13. The Labute approximate surface area is 231 Å². The normalized spacial score (nSPS) is 16.6. The van der Waals surface area contributed by atoms with Gasteiger partial charge in [0.1, 0.15) is 11.2 Å². The largest absolute Gasteiger partial charge is 0.444 e. The van der Waals surface area contributed by atoms with Crippen LogP contribution in [0.3, 0.4) is 0 Å². The van der Waals surface area contributed by atoms with Crippen molar-refractivity contribution in [3.8, 4) is 11.3 Å². The first-order valence-electron chi connectivity index (χ1n) is 13.0. The van der Waals surface area contributed by atoms with E-state index in [1.807, 2.05) is 26.1 Å². The molecular formula is C28H34F3N7O2. The van der Waals surface area contributed by atoms with Crippen molar-refractivity contribution >= 4 is 23.8 Å². The molecule has 214 valence electrons. The van der Waals surface area contributed by atoms with Gasteiger partial charge in [-0.1, -0.05) is 18.7 Å². The monoisotopic (exact) mass is 557 g/mol. The van der Waals surface area contributed by atoms with Crippen molar-refractivity contribution in [2.45, 2.75) is 65.3 Å². The van der Waals surface area contributed by atoms with Crippen molar-refractivity contribution in [1.82, 2.24) is 29.4 Å². The second kappa shape index (κ2) is 11.2. The number of H-pyrrole nitrogens is 1. The van der Waals surface area contributed by atoms with Crippen LogP contribution in [0.15, 0.2) is 37.6 Å². The average molecular weight is 558 g/mol. The van der Waals surface area contributed by atoms with Crippen LogP contribution in [-0.4, -0.2) is 60.2 Å². The van der Waals surface area contributed by atoms with Gasteiger partial charge in [0.15, 0.2) is 0 Å². The zero-order valence-electron chi connectivity index (χ0n) is 23.3. The number of aryl methyl sites for hydroxylation is 1. The molecule has 0 saturated carbocycles. The van der Waals surface area contributed by atoms with Crippen molar-refractivity contribution in [2.24, 2.45) is 0 Å². The number of carbonyl (C=O) groups is 1. The number of nitrogens with zero attached hydrogens (tertiary/aromatic N) is 5. The second-order valence-corrected chi connectivity index (χ2v) is 10.7. The predicted molar refractivity (Wildman–Crippen MR) is 147 cm³/mol. The van der Waals surface area contributed by atoms with Crippen molar-refractivity contribution in [3.05, 3.63) is 60.1 Å². The fourth-order valence-corrected chi connectivity index (χ4v) is 4.66. The molecule has 1 aliphatic rings. The maximum atomic E-state index is 14.1. The highest BCUT2D eigenvalue weighted by molar-refractivity contribution is 5.83. The summed E-state index contributed by atoms with van der Waals surface area (Å²) in [5.41, 5.74) is 0.890. The Balaban J connectivity index is 1.68. The first kappa shape index (κ1) is 28.9. The lowest BCUT2D eigenvalue weighted by Gasteiger charge is -2.34. The third-order valence-electron chi connectivity index (χ3n) is 6.40. The molecule has 9 nitrogen and oxygen atoms in total. The number of likely N-dealkylation sites (tertiary alicyclic amines) is 1. The molecule has 0 unspecified atom stereocenters. The Kier molecular flexibility index (Phi) is 8.08. The standard InChI is InChI=1S/C28H34F3N7O2/c1-7-19-20(12-32-24(19)22(8-2)38-14-17(3)34-16-38)23-21(28(29,30)31)13-33-25(36-23)35-18-10-9-11-37(15-18)26(39)40-27(4,5)6/h7-8,12-14,16,18,32H,1,9-11,15H2,2-6H3,(H,33,35,36)/b22-8+/t18-/m0/s1. The van der Waals surface area contributed by atoms with E-state index >= 15 is 0 Å². The van der Waals surface area contributed by atoms with Crippen LogP contribution in [0, 0.1) is 6.92 Å². The summed E-state index contributed by atoms with van der Waals surface area (Å²) in [5.74, 6) is 0.0355. The van der Waals surface area contributed by atoms with Crippen molar-refractivity contribution < 1.29 is 22.7 Å². The number of allylic oxidation sites excluding steroid dienone is 1. The lowest BCUT2D eigenvalue weighted by molar-refractivity contribution is -0.137. The summed E-state index contributed by atoms with van der Waals surface area (Å²) in [7, 11) is 0. The first-order chi connectivity index (χ1) is 18.8. The Morgan fingerprint density at radius 3 is 2.62 bits per heavy atom. The van der Waals surface area contributed by atoms with Crippen molar-refractivity contribution in [3.63, 3.8) is 0 Å². The Hall–Kier alpha value is -4.09. The zero-order chi connectivity index (χ0) is 29.2. The highest BCUT2D eigenvalue weighted by Crippen LogP contribution is 2.39. The molecule has 2 N–H and O–H groups in total. The molecule has 1 aliphatic heterocycles. The summed E-state index contributed by atoms with van der Waals surface area (Å²) in [6.45, 7) is 13.8. The molecule has 0 radical (unpaired) electrons. The first-order valence-corrected chi connectivity index (χ1v) is 13.0. The Morgan fingerprint density at radius 2 is 2.02 bits per heavy atom. The van der Waals surface area contributed by atoms with Gasteiger partial charge >= 0.3 is 12.3 Å². The highest BCUT2D eigenvalue weighted by atomic mass is 19.4. The van der Waals surface area contributed by atoms with E-state index in [9.17, 15) is 18.0 Å². The number of ether oxygens (including phenoxy) is 1. The SMILES string of the molecule is C=Cc1c(-c2nc(N[C@H]3CCCN(C(=O)OC(C)(C)C)C3)ncc2C(F)(F)F)c[nH]c1/C(=C\C)n1cnc(C)c1. The zero-order valence-corrected chi connectivity index (χ0v) is 23.3. The Morgan fingerprint density at radius 1 is 1.27 bits per heavy atom. The van der Waals surface area contributed by atoms with Crippen molar-refractivity contribution in [2.75, 3.05) is 18.4 Å². The van der Waals surface area contributed by atoms with E-state index in [2.05, 4.69) is 31.8 Å². The van der Waals surface area contributed by atoms with Gasteiger partial charge in [-0.15, -0.1) is 0 Å². The highest BCUT2D eigenvalue weighted by Gasteiger charge is 2.37. The minimum Gasteiger partial charge on any atom is -0.444 e. The minimum atomic E-state index is -4.69. The number of aromatic amines is 1. The molecule has 1 fully saturated rings. The van der Waals surface area contributed by atoms with Gasteiger partial charge in [-0.05, 0) is 47.5 Å². The maximum absolute atomic E-state index is 14.1. The molecule has 0 spiro atoms. The van der Waals surface area contributed by atoms with Crippen LogP contribution in [0.2, 0.25) is 0 Å². The van der Waals surface area contributed by atoms with E-state index in [4.69, 9.17) is 4.74 Å². The average Bonchev–Trinajstić information content (AvgIpc) is 3.49. The lowest BCUT2D eigenvalue weighted by Crippen LogP contribution is -2.47. The number of aromatic nitrogens is 5. The quantitative estimate of drug-likeness (QED) is 0.366. The third-order valence-corrected chi connectivity index (χ3v) is 6.40. The summed E-state index contributed by atoms with van der Waals surface area (Å²) >= 11 is 0. The summed E-state index contributed by atoms with van der Waals surface area (Å²) in [6, 6.07) is -0.259. The number of hydrogen-bond acceptors (Lipinski definition) is 6. The molecule has 3 aromatic heterocycles. The summed E-state index contributed by atoms with van der Waals surface area (Å²) in [6.07, 6.45) is 5.35.